The molecule has 1 atom stereocenters. The average Bonchev–Trinajstić information content (AvgIpc) is 2.79. The van der Waals surface area contributed by atoms with Crippen LogP contribution in [0.1, 0.15) is 24.8 Å². The molecule has 0 spiro atoms. The van der Waals surface area contributed by atoms with Gasteiger partial charge in [0.25, 0.3) is 0 Å². The number of hydrogen-bond donors (Lipinski definition) is 1. The number of carbonyl (C=O) groups excluding carboxylic acids is 2. The maximum atomic E-state index is 11.2. The smallest absolute Gasteiger partial charge is 0.396 e. The van der Waals surface area contributed by atoms with Crippen LogP contribution >= 0.6 is 11.3 Å². The van der Waals surface area contributed by atoms with Gasteiger partial charge in [0.05, 0.1) is 11.6 Å². The molecule has 6 heteroatoms. The van der Waals surface area contributed by atoms with Gasteiger partial charge >= 0.3 is 11.9 Å². The van der Waals surface area contributed by atoms with E-state index in [1.165, 1.54) is 11.3 Å². The maximum Gasteiger partial charge on any atom is 0.396 e. The van der Waals surface area contributed by atoms with Crippen LogP contribution in [0.25, 0.3) is 0 Å². The Kier molecular flexibility index (Phi) is 4.91. The third-order valence-corrected chi connectivity index (χ3v) is 2.91. The first-order valence-corrected chi connectivity index (χ1v) is 5.87. The maximum absolute atomic E-state index is 11.2. The van der Waals surface area contributed by atoms with Gasteiger partial charge in [0.2, 0.25) is 0 Å². The van der Waals surface area contributed by atoms with Gasteiger partial charge in [-0.1, -0.05) is 6.92 Å². The van der Waals surface area contributed by atoms with Crippen LogP contribution in [-0.4, -0.2) is 30.0 Å². The molecule has 0 aromatic carbocycles. The van der Waals surface area contributed by atoms with Crippen molar-refractivity contribution in [2.75, 3.05) is 13.2 Å². The van der Waals surface area contributed by atoms with E-state index in [0.29, 0.717) is 6.54 Å². The number of nitrogens with zero attached hydrogens (tertiary/aromatic N) is 1. The summed E-state index contributed by atoms with van der Waals surface area (Å²) >= 11 is 1.52. The molecular formula is C10H14N2O3S. The summed E-state index contributed by atoms with van der Waals surface area (Å²) in [6, 6.07) is 0. The highest BCUT2D eigenvalue weighted by molar-refractivity contribution is 7.09. The van der Waals surface area contributed by atoms with Crippen molar-refractivity contribution in [2.24, 2.45) is 0 Å². The summed E-state index contributed by atoms with van der Waals surface area (Å²) in [5.41, 5.74) is 0. The minimum Gasteiger partial charge on any atom is -0.459 e. The fraction of sp³-hybridized carbons (Fsp3) is 0.500. The second-order valence-electron chi connectivity index (χ2n) is 3.20. The van der Waals surface area contributed by atoms with Crippen LogP contribution in [0.3, 0.4) is 0 Å². The molecule has 1 unspecified atom stereocenters. The zero-order chi connectivity index (χ0) is 12.0. The van der Waals surface area contributed by atoms with Crippen molar-refractivity contribution in [3.8, 4) is 0 Å². The van der Waals surface area contributed by atoms with Crippen molar-refractivity contribution in [3.63, 3.8) is 0 Å². The number of amides is 1. The lowest BCUT2D eigenvalue weighted by Crippen LogP contribution is -2.34. The molecule has 0 saturated carbocycles. The van der Waals surface area contributed by atoms with E-state index in [1.54, 1.807) is 13.1 Å². The largest absolute Gasteiger partial charge is 0.459 e. The Morgan fingerprint density at radius 1 is 1.62 bits per heavy atom. The van der Waals surface area contributed by atoms with E-state index in [9.17, 15) is 9.59 Å². The first-order valence-electron chi connectivity index (χ1n) is 4.99. The van der Waals surface area contributed by atoms with Crippen molar-refractivity contribution in [2.45, 2.75) is 19.8 Å². The Labute approximate surface area is 97.8 Å². The Morgan fingerprint density at radius 2 is 2.38 bits per heavy atom. The number of carbonyl (C=O) groups is 2. The third kappa shape index (κ3) is 3.62. The summed E-state index contributed by atoms with van der Waals surface area (Å²) < 4.78 is 4.56. The SMILES string of the molecule is CCOC(=O)C(=O)NCC(C)c1nccs1. The van der Waals surface area contributed by atoms with Crippen LogP contribution in [0, 0.1) is 0 Å². The molecule has 1 N–H and O–H groups in total. The van der Waals surface area contributed by atoms with Crippen molar-refractivity contribution in [3.05, 3.63) is 16.6 Å². The van der Waals surface area contributed by atoms with Gasteiger partial charge in [-0.25, -0.2) is 9.78 Å². The van der Waals surface area contributed by atoms with E-state index >= 15 is 0 Å². The molecule has 5 nitrogen and oxygen atoms in total. The molecule has 0 fully saturated rings. The second kappa shape index (κ2) is 6.22. The third-order valence-electron chi connectivity index (χ3n) is 1.90. The molecule has 0 aliphatic rings. The Morgan fingerprint density at radius 3 is 2.94 bits per heavy atom. The van der Waals surface area contributed by atoms with Gasteiger partial charge in [-0.3, -0.25) is 4.79 Å². The Hall–Kier alpha value is -1.43. The normalized spacial score (nSPS) is 11.9. The second-order valence-corrected chi connectivity index (χ2v) is 4.13. The molecule has 0 saturated heterocycles. The summed E-state index contributed by atoms with van der Waals surface area (Å²) in [6.45, 7) is 4.17. The van der Waals surface area contributed by atoms with Crippen LogP contribution in [-0.2, 0) is 14.3 Å². The highest BCUT2D eigenvalue weighted by Crippen LogP contribution is 2.16. The van der Waals surface area contributed by atoms with Gasteiger partial charge in [0.15, 0.2) is 0 Å². The van der Waals surface area contributed by atoms with Gasteiger partial charge in [-0.05, 0) is 6.92 Å². The predicted octanol–water partition coefficient (Wildman–Crippen LogP) is 0.926. The van der Waals surface area contributed by atoms with Gasteiger partial charge in [-0.15, -0.1) is 11.3 Å². The van der Waals surface area contributed by atoms with Crippen molar-refractivity contribution in [1.82, 2.24) is 10.3 Å². The topological polar surface area (TPSA) is 68.3 Å². The molecule has 1 rings (SSSR count). The molecule has 0 aliphatic heterocycles. The molecule has 1 aromatic heterocycles. The minimum atomic E-state index is -0.839. The summed E-state index contributed by atoms with van der Waals surface area (Å²) in [5.74, 6) is -1.45. The van der Waals surface area contributed by atoms with Crippen LogP contribution in [0.5, 0.6) is 0 Å². The molecule has 1 heterocycles. The minimum absolute atomic E-state index is 0.0957. The summed E-state index contributed by atoms with van der Waals surface area (Å²) in [6.07, 6.45) is 1.71. The zero-order valence-corrected chi connectivity index (χ0v) is 10.0. The number of ether oxygens (including phenoxy) is 1. The fourth-order valence-electron chi connectivity index (χ4n) is 1.08. The zero-order valence-electron chi connectivity index (χ0n) is 9.23. The van der Waals surface area contributed by atoms with E-state index < -0.39 is 11.9 Å². The van der Waals surface area contributed by atoms with Crippen LogP contribution in [0.2, 0.25) is 0 Å². The van der Waals surface area contributed by atoms with E-state index in [-0.39, 0.29) is 12.5 Å². The summed E-state index contributed by atoms with van der Waals surface area (Å²) in [5, 5.41) is 5.32. The lowest BCUT2D eigenvalue weighted by Gasteiger charge is -2.09. The number of aromatic nitrogens is 1. The number of esters is 1. The van der Waals surface area contributed by atoms with E-state index in [4.69, 9.17) is 0 Å². The lowest BCUT2D eigenvalue weighted by molar-refractivity contribution is -0.154. The van der Waals surface area contributed by atoms with E-state index in [2.05, 4.69) is 15.0 Å². The van der Waals surface area contributed by atoms with Crippen LogP contribution in [0.4, 0.5) is 0 Å². The summed E-state index contributed by atoms with van der Waals surface area (Å²) in [4.78, 5) is 26.3. The molecule has 0 aliphatic carbocycles. The van der Waals surface area contributed by atoms with Gasteiger partial charge in [-0.2, -0.15) is 0 Å². The standard InChI is InChI=1S/C10H14N2O3S/c1-3-15-10(14)8(13)12-6-7(2)9-11-4-5-16-9/h4-5,7H,3,6H2,1-2H3,(H,12,13). The highest BCUT2D eigenvalue weighted by atomic mass is 32.1. The van der Waals surface area contributed by atoms with Crippen LogP contribution < -0.4 is 5.32 Å². The first-order chi connectivity index (χ1) is 7.65. The first kappa shape index (κ1) is 12.6. The molecule has 16 heavy (non-hydrogen) atoms. The number of hydrogen-bond acceptors (Lipinski definition) is 5. The molecule has 0 radical (unpaired) electrons. The van der Waals surface area contributed by atoms with Gasteiger partial charge < -0.3 is 10.1 Å². The molecule has 1 amide bonds. The number of thiazole rings is 1. The Balaban J connectivity index is 2.34. The fourth-order valence-corrected chi connectivity index (χ4v) is 1.78. The van der Waals surface area contributed by atoms with Crippen molar-refractivity contribution < 1.29 is 14.3 Å². The molecule has 0 bridgehead atoms. The van der Waals surface area contributed by atoms with Gasteiger partial charge in [0.1, 0.15) is 0 Å². The highest BCUT2D eigenvalue weighted by Gasteiger charge is 2.16. The van der Waals surface area contributed by atoms with Crippen molar-refractivity contribution in [1.29, 1.82) is 0 Å². The lowest BCUT2D eigenvalue weighted by atomic mass is 10.2. The van der Waals surface area contributed by atoms with E-state index in [0.717, 1.165) is 5.01 Å². The van der Waals surface area contributed by atoms with E-state index in [1.807, 2.05) is 12.3 Å². The summed E-state index contributed by atoms with van der Waals surface area (Å²) in [7, 11) is 0. The van der Waals surface area contributed by atoms with Gasteiger partial charge in [0, 0.05) is 24.0 Å². The number of rotatable bonds is 4. The molecule has 88 valence electrons. The van der Waals surface area contributed by atoms with Crippen LogP contribution in [0.15, 0.2) is 11.6 Å². The van der Waals surface area contributed by atoms with Crippen molar-refractivity contribution >= 4 is 23.2 Å². The molecule has 1 aromatic rings. The predicted molar refractivity (Wildman–Crippen MR) is 60.2 cm³/mol. The number of nitrogens with one attached hydrogen (secondary N) is 1. The average molecular weight is 242 g/mol. The molecular weight excluding hydrogens is 228 g/mol. The monoisotopic (exact) mass is 242 g/mol. The Bertz CT molecular complexity index is 351. The quantitative estimate of drug-likeness (QED) is 0.630.